The van der Waals surface area contributed by atoms with Crippen molar-refractivity contribution in [2.75, 3.05) is 16.8 Å². The maximum atomic E-state index is 11.6. The molecular weight excluding hydrogens is 360 g/mol. The van der Waals surface area contributed by atoms with Crippen LogP contribution in [-0.2, 0) is 4.79 Å². The number of carbonyl (C=O) groups is 1. The van der Waals surface area contributed by atoms with Crippen molar-refractivity contribution in [3.63, 3.8) is 0 Å². The quantitative estimate of drug-likeness (QED) is 0.706. The maximum Gasteiger partial charge on any atom is 0.240 e. The van der Waals surface area contributed by atoms with E-state index < -0.39 is 0 Å². The van der Waals surface area contributed by atoms with Crippen molar-refractivity contribution < 1.29 is 4.79 Å². The van der Waals surface area contributed by atoms with Gasteiger partial charge in [0.15, 0.2) is 5.13 Å². The molecule has 8 heteroatoms. The fourth-order valence-corrected chi connectivity index (χ4v) is 4.15. The van der Waals surface area contributed by atoms with E-state index in [4.69, 9.17) is 5.73 Å². The summed E-state index contributed by atoms with van der Waals surface area (Å²) in [7, 11) is 0. The Kier molecular flexibility index (Phi) is 4.72. The van der Waals surface area contributed by atoms with Gasteiger partial charge in [-0.2, -0.15) is 0 Å². The zero-order chi connectivity index (χ0) is 18.8. The van der Waals surface area contributed by atoms with Gasteiger partial charge >= 0.3 is 0 Å². The minimum Gasteiger partial charge on any atom is -0.368 e. The molecule has 4 heterocycles. The molecule has 138 valence electrons. The number of carbonyl (C=O) groups excluding carboxylic acids is 1. The molecule has 3 N–H and O–H groups in total. The standard InChI is InChI=1S/C19H20N6OS/c1-12-7-8-21-17(10-12)24-16-6-2-4-13(23-16)15-11-22-19(27-15)25-9-3-5-14(25)18(20)26/h2,4,6-8,10-11,14H,3,5,9H2,1H3,(H2,20,26)(H,21,23,24)/t14-/m0/s1. The molecule has 4 rings (SSSR count). The summed E-state index contributed by atoms with van der Waals surface area (Å²) in [4.78, 5) is 28.1. The van der Waals surface area contributed by atoms with Gasteiger partial charge < -0.3 is 16.0 Å². The summed E-state index contributed by atoms with van der Waals surface area (Å²) in [5, 5.41) is 4.04. The number of aryl methyl sites for hydroxylation is 1. The average Bonchev–Trinajstić information content (AvgIpc) is 3.31. The molecule has 3 aromatic heterocycles. The molecule has 1 atom stereocenters. The molecule has 1 amide bonds. The van der Waals surface area contributed by atoms with Crippen molar-refractivity contribution in [2.45, 2.75) is 25.8 Å². The Morgan fingerprint density at radius 2 is 2.19 bits per heavy atom. The van der Waals surface area contributed by atoms with E-state index in [9.17, 15) is 4.79 Å². The molecule has 27 heavy (non-hydrogen) atoms. The highest BCUT2D eigenvalue weighted by Crippen LogP contribution is 2.34. The Hall–Kier alpha value is -3.00. The lowest BCUT2D eigenvalue weighted by Gasteiger charge is -2.20. The Labute approximate surface area is 161 Å². The Balaban J connectivity index is 1.56. The number of anilines is 3. The van der Waals surface area contributed by atoms with Gasteiger partial charge in [-0.1, -0.05) is 17.4 Å². The van der Waals surface area contributed by atoms with Crippen LogP contribution in [0.1, 0.15) is 18.4 Å². The second kappa shape index (κ2) is 7.32. The molecule has 0 radical (unpaired) electrons. The van der Waals surface area contributed by atoms with Crippen LogP contribution in [-0.4, -0.2) is 33.4 Å². The van der Waals surface area contributed by atoms with Gasteiger partial charge in [-0.3, -0.25) is 4.79 Å². The van der Waals surface area contributed by atoms with Crippen LogP contribution in [0.3, 0.4) is 0 Å². The number of aromatic nitrogens is 3. The lowest BCUT2D eigenvalue weighted by atomic mass is 10.2. The van der Waals surface area contributed by atoms with Gasteiger partial charge in [0.2, 0.25) is 5.91 Å². The second-order valence-corrected chi connectivity index (χ2v) is 7.52. The van der Waals surface area contributed by atoms with E-state index in [0.29, 0.717) is 0 Å². The number of pyridine rings is 2. The molecule has 1 saturated heterocycles. The number of amides is 1. The van der Waals surface area contributed by atoms with E-state index in [0.717, 1.165) is 52.3 Å². The average molecular weight is 380 g/mol. The summed E-state index contributed by atoms with van der Waals surface area (Å²) in [6, 6.07) is 9.45. The van der Waals surface area contributed by atoms with Crippen LogP contribution < -0.4 is 16.0 Å². The molecule has 1 aliphatic rings. The van der Waals surface area contributed by atoms with Crippen molar-refractivity contribution >= 4 is 34.0 Å². The lowest BCUT2D eigenvalue weighted by Crippen LogP contribution is -2.40. The highest BCUT2D eigenvalue weighted by molar-refractivity contribution is 7.18. The third-order valence-corrected chi connectivity index (χ3v) is 5.55. The molecule has 1 fully saturated rings. The molecule has 0 aromatic carbocycles. The van der Waals surface area contributed by atoms with E-state index in [-0.39, 0.29) is 11.9 Å². The van der Waals surface area contributed by atoms with Crippen LogP contribution in [0, 0.1) is 6.92 Å². The summed E-state index contributed by atoms with van der Waals surface area (Å²) in [6.07, 6.45) is 5.30. The van der Waals surface area contributed by atoms with Crippen molar-refractivity contribution in [3.8, 4) is 10.6 Å². The molecule has 7 nitrogen and oxygen atoms in total. The molecule has 1 aliphatic heterocycles. The van der Waals surface area contributed by atoms with Crippen LogP contribution in [0.2, 0.25) is 0 Å². The Morgan fingerprint density at radius 3 is 3.00 bits per heavy atom. The smallest absolute Gasteiger partial charge is 0.240 e. The Bertz CT molecular complexity index is 972. The third-order valence-electron chi connectivity index (χ3n) is 4.49. The van der Waals surface area contributed by atoms with E-state index in [1.54, 1.807) is 12.4 Å². The number of primary amides is 1. The Morgan fingerprint density at radius 1 is 1.30 bits per heavy atom. The highest BCUT2D eigenvalue weighted by Gasteiger charge is 2.31. The first kappa shape index (κ1) is 17.4. The number of rotatable bonds is 5. The van der Waals surface area contributed by atoms with Crippen molar-refractivity contribution in [1.29, 1.82) is 0 Å². The fourth-order valence-electron chi connectivity index (χ4n) is 3.18. The molecule has 0 unspecified atom stereocenters. The van der Waals surface area contributed by atoms with Gasteiger partial charge in [-0.15, -0.1) is 0 Å². The van der Waals surface area contributed by atoms with Gasteiger partial charge in [0, 0.05) is 18.9 Å². The van der Waals surface area contributed by atoms with Gasteiger partial charge in [0.05, 0.1) is 10.6 Å². The minimum absolute atomic E-state index is 0.266. The summed E-state index contributed by atoms with van der Waals surface area (Å²) >= 11 is 1.52. The third kappa shape index (κ3) is 3.75. The number of hydrogen-bond donors (Lipinski definition) is 2. The predicted molar refractivity (Wildman–Crippen MR) is 107 cm³/mol. The molecule has 0 saturated carbocycles. The number of thiazole rings is 1. The molecule has 0 spiro atoms. The van der Waals surface area contributed by atoms with Crippen LogP contribution in [0.4, 0.5) is 16.8 Å². The highest BCUT2D eigenvalue weighted by atomic mass is 32.1. The van der Waals surface area contributed by atoms with Crippen LogP contribution in [0.15, 0.2) is 42.7 Å². The number of nitrogens with one attached hydrogen (secondary N) is 1. The SMILES string of the molecule is Cc1ccnc(Nc2cccc(-c3cnc(N4CCC[C@H]4C(N)=O)s3)n2)c1. The summed E-state index contributed by atoms with van der Waals surface area (Å²) in [5.74, 6) is 1.18. The lowest BCUT2D eigenvalue weighted by molar-refractivity contribution is -0.119. The molecule has 3 aromatic rings. The monoisotopic (exact) mass is 380 g/mol. The fraction of sp³-hybridized carbons (Fsp3) is 0.263. The second-order valence-electron chi connectivity index (χ2n) is 6.51. The maximum absolute atomic E-state index is 11.6. The zero-order valence-corrected chi connectivity index (χ0v) is 15.7. The van der Waals surface area contributed by atoms with Crippen molar-refractivity contribution in [3.05, 3.63) is 48.3 Å². The molecule has 0 aliphatic carbocycles. The van der Waals surface area contributed by atoms with Gasteiger partial charge in [-0.05, 0) is 49.6 Å². The molecule has 0 bridgehead atoms. The van der Waals surface area contributed by atoms with Crippen molar-refractivity contribution in [1.82, 2.24) is 15.0 Å². The van der Waals surface area contributed by atoms with Gasteiger partial charge in [-0.25, -0.2) is 15.0 Å². The zero-order valence-electron chi connectivity index (χ0n) is 14.9. The summed E-state index contributed by atoms with van der Waals surface area (Å²) < 4.78 is 0. The number of nitrogens with two attached hydrogens (primary N) is 1. The van der Waals surface area contributed by atoms with Crippen LogP contribution in [0.5, 0.6) is 0 Å². The first-order chi connectivity index (χ1) is 13.1. The van der Waals surface area contributed by atoms with E-state index >= 15 is 0 Å². The first-order valence-corrected chi connectivity index (χ1v) is 9.61. The van der Waals surface area contributed by atoms with Crippen molar-refractivity contribution in [2.24, 2.45) is 5.73 Å². The topological polar surface area (TPSA) is 97.0 Å². The van der Waals surface area contributed by atoms with E-state index in [1.165, 1.54) is 11.3 Å². The summed E-state index contributed by atoms with van der Waals surface area (Å²) in [6.45, 7) is 2.82. The van der Waals surface area contributed by atoms with Gasteiger partial charge in [0.1, 0.15) is 17.7 Å². The van der Waals surface area contributed by atoms with Crippen LogP contribution >= 0.6 is 11.3 Å². The minimum atomic E-state index is -0.292. The predicted octanol–water partition coefficient (Wildman–Crippen LogP) is 3.11. The normalized spacial score (nSPS) is 16.5. The largest absolute Gasteiger partial charge is 0.368 e. The summed E-state index contributed by atoms with van der Waals surface area (Å²) in [5.41, 5.74) is 7.47. The number of nitrogens with zero attached hydrogens (tertiary/aromatic N) is 4. The van der Waals surface area contributed by atoms with Gasteiger partial charge in [0.25, 0.3) is 0 Å². The molecular formula is C19H20N6OS. The van der Waals surface area contributed by atoms with E-state index in [2.05, 4.69) is 20.3 Å². The number of hydrogen-bond acceptors (Lipinski definition) is 7. The van der Waals surface area contributed by atoms with Crippen LogP contribution in [0.25, 0.3) is 10.6 Å². The first-order valence-electron chi connectivity index (χ1n) is 8.79. The van der Waals surface area contributed by atoms with E-state index in [1.807, 2.05) is 42.2 Å².